The van der Waals surface area contributed by atoms with E-state index in [0.717, 1.165) is 22.4 Å². The van der Waals surface area contributed by atoms with Gasteiger partial charge in [-0.3, -0.25) is 4.98 Å². The van der Waals surface area contributed by atoms with Crippen molar-refractivity contribution in [3.8, 4) is 11.5 Å². The number of hydrogen-bond acceptors (Lipinski definition) is 2. The molecular weight excluding hydrogens is 246 g/mol. The summed E-state index contributed by atoms with van der Waals surface area (Å²) in [6.45, 7) is 0. The first-order valence-corrected chi connectivity index (χ1v) is 5.98. The monoisotopic (exact) mass is 255 g/mol. The van der Waals surface area contributed by atoms with Crippen molar-refractivity contribution in [2.24, 2.45) is 0 Å². The van der Waals surface area contributed by atoms with Crippen LogP contribution < -0.4 is 4.74 Å². The third kappa shape index (κ3) is 2.15. The van der Waals surface area contributed by atoms with Crippen molar-refractivity contribution in [1.82, 2.24) is 4.98 Å². The van der Waals surface area contributed by atoms with Gasteiger partial charge in [0, 0.05) is 11.6 Å². The first-order chi connectivity index (χ1) is 8.83. The number of benzene rings is 2. The van der Waals surface area contributed by atoms with Gasteiger partial charge in [-0.2, -0.15) is 0 Å². The molecule has 3 aromatic rings. The summed E-state index contributed by atoms with van der Waals surface area (Å²) in [5, 5.41) is 1.58. The summed E-state index contributed by atoms with van der Waals surface area (Å²) in [7, 11) is 0. The minimum Gasteiger partial charge on any atom is -0.457 e. The Morgan fingerprint density at radius 3 is 2.56 bits per heavy atom. The molecule has 0 aliphatic carbocycles. The lowest BCUT2D eigenvalue weighted by Crippen LogP contribution is -1.85. The van der Waals surface area contributed by atoms with Crippen LogP contribution in [0.2, 0.25) is 5.02 Å². The highest BCUT2D eigenvalue weighted by molar-refractivity contribution is 6.35. The molecule has 0 saturated carbocycles. The Kier molecular flexibility index (Phi) is 2.87. The summed E-state index contributed by atoms with van der Waals surface area (Å²) in [6, 6.07) is 17.1. The molecule has 88 valence electrons. The van der Waals surface area contributed by atoms with Crippen LogP contribution in [0.25, 0.3) is 10.9 Å². The average molecular weight is 256 g/mol. The van der Waals surface area contributed by atoms with Gasteiger partial charge < -0.3 is 4.74 Å². The van der Waals surface area contributed by atoms with Gasteiger partial charge in [-0.15, -0.1) is 0 Å². The second kappa shape index (κ2) is 4.67. The van der Waals surface area contributed by atoms with Crippen LogP contribution in [-0.4, -0.2) is 4.98 Å². The molecular formula is C15H10ClNO. The van der Waals surface area contributed by atoms with E-state index in [1.807, 2.05) is 48.5 Å². The number of hydrogen-bond donors (Lipinski definition) is 0. The lowest BCUT2D eigenvalue weighted by Gasteiger charge is -2.07. The van der Waals surface area contributed by atoms with Gasteiger partial charge in [0.15, 0.2) is 0 Å². The van der Waals surface area contributed by atoms with E-state index in [1.54, 1.807) is 12.3 Å². The second-order valence-corrected chi connectivity index (χ2v) is 4.29. The van der Waals surface area contributed by atoms with Crippen molar-refractivity contribution >= 4 is 22.5 Å². The van der Waals surface area contributed by atoms with E-state index in [2.05, 4.69) is 4.98 Å². The van der Waals surface area contributed by atoms with E-state index in [-0.39, 0.29) is 0 Å². The molecule has 1 aromatic heterocycles. The fourth-order valence-corrected chi connectivity index (χ4v) is 1.99. The van der Waals surface area contributed by atoms with Crippen molar-refractivity contribution in [2.45, 2.75) is 0 Å². The number of ether oxygens (including phenoxy) is 1. The zero-order chi connectivity index (χ0) is 12.4. The number of para-hydroxylation sites is 1. The van der Waals surface area contributed by atoms with Gasteiger partial charge in [0.2, 0.25) is 0 Å². The van der Waals surface area contributed by atoms with Crippen LogP contribution in [0.15, 0.2) is 60.8 Å². The summed E-state index contributed by atoms with van der Waals surface area (Å²) >= 11 is 6.14. The Hall–Kier alpha value is -2.06. The Morgan fingerprint density at radius 2 is 1.72 bits per heavy atom. The van der Waals surface area contributed by atoms with Crippen LogP contribution in [0.1, 0.15) is 0 Å². The van der Waals surface area contributed by atoms with Gasteiger partial charge in [0.05, 0.1) is 10.5 Å². The molecule has 0 radical (unpaired) electrons. The molecule has 0 N–H and O–H groups in total. The van der Waals surface area contributed by atoms with Gasteiger partial charge in [0.1, 0.15) is 11.5 Å². The molecule has 0 bridgehead atoms. The Bertz CT molecular complexity index is 682. The normalized spacial score (nSPS) is 10.5. The van der Waals surface area contributed by atoms with E-state index in [4.69, 9.17) is 16.3 Å². The molecule has 0 unspecified atom stereocenters. The zero-order valence-electron chi connectivity index (χ0n) is 9.51. The van der Waals surface area contributed by atoms with Crippen LogP contribution in [0, 0.1) is 0 Å². The zero-order valence-corrected chi connectivity index (χ0v) is 10.3. The molecule has 18 heavy (non-hydrogen) atoms. The van der Waals surface area contributed by atoms with E-state index >= 15 is 0 Å². The van der Waals surface area contributed by atoms with Crippen molar-refractivity contribution < 1.29 is 4.74 Å². The van der Waals surface area contributed by atoms with Crippen LogP contribution in [0.3, 0.4) is 0 Å². The molecule has 0 aliphatic heterocycles. The molecule has 0 aliphatic rings. The lowest BCUT2D eigenvalue weighted by molar-refractivity contribution is 0.483. The number of aromatic nitrogens is 1. The van der Waals surface area contributed by atoms with Gasteiger partial charge >= 0.3 is 0 Å². The number of pyridine rings is 1. The summed E-state index contributed by atoms with van der Waals surface area (Å²) in [6.07, 6.45) is 1.70. The SMILES string of the molecule is Clc1ccnc2ccc(Oc3ccccc3)cc12. The first kappa shape index (κ1) is 11.1. The summed E-state index contributed by atoms with van der Waals surface area (Å²) < 4.78 is 5.76. The third-order valence-corrected chi connectivity index (χ3v) is 2.97. The van der Waals surface area contributed by atoms with Crippen LogP contribution in [-0.2, 0) is 0 Å². The van der Waals surface area contributed by atoms with Gasteiger partial charge in [0.25, 0.3) is 0 Å². The van der Waals surface area contributed by atoms with Crippen molar-refractivity contribution in [1.29, 1.82) is 0 Å². The molecule has 3 rings (SSSR count). The third-order valence-electron chi connectivity index (χ3n) is 2.64. The van der Waals surface area contributed by atoms with E-state index in [1.165, 1.54) is 0 Å². The highest BCUT2D eigenvalue weighted by atomic mass is 35.5. The highest BCUT2D eigenvalue weighted by Crippen LogP contribution is 2.28. The Morgan fingerprint density at radius 1 is 0.889 bits per heavy atom. The van der Waals surface area contributed by atoms with E-state index in [9.17, 15) is 0 Å². The predicted octanol–water partition coefficient (Wildman–Crippen LogP) is 4.68. The van der Waals surface area contributed by atoms with Crippen LogP contribution in [0.5, 0.6) is 11.5 Å². The quantitative estimate of drug-likeness (QED) is 0.663. The predicted molar refractivity (Wildman–Crippen MR) is 73.3 cm³/mol. The van der Waals surface area contributed by atoms with Crippen LogP contribution >= 0.6 is 11.6 Å². The topological polar surface area (TPSA) is 22.1 Å². The molecule has 2 nitrogen and oxygen atoms in total. The number of nitrogens with zero attached hydrogens (tertiary/aromatic N) is 1. The van der Waals surface area contributed by atoms with Gasteiger partial charge in [-0.1, -0.05) is 29.8 Å². The Labute approximate surface area is 110 Å². The Balaban J connectivity index is 2.01. The van der Waals surface area contributed by atoms with Crippen LogP contribution in [0.4, 0.5) is 0 Å². The van der Waals surface area contributed by atoms with Gasteiger partial charge in [-0.05, 0) is 36.4 Å². The second-order valence-electron chi connectivity index (χ2n) is 3.89. The molecule has 1 heterocycles. The van der Waals surface area contributed by atoms with Crippen molar-refractivity contribution in [3.63, 3.8) is 0 Å². The van der Waals surface area contributed by atoms with E-state index < -0.39 is 0 Å². The molecule has 0 atom stereocenters. The molecule has 0 amide bonds. The molecule has 0 fully saturated rings. The minimum absolute atomic E-state index is 0.679. The summed E-state index contributed by atoms with van der Waals surface area (Å²) in [5.41, 5.74) is 0.864. The summed E-state index contributed by atoms with van der Waals surface area (Å²) in [5.74, 6) is 1.56. The van der Waals surface area contributed by atoms with E-state index in [0.29, 0.717) is 5.02 Å². The largest absolute Gasteiger partial charge is 0.457 e. The first-order valence-electron chi connectivity index (χ1n) is 5.60. The van der Waals surface area contributed by atoms with Crippen molar-refractivity contribution in [3.05, 3.63) is 65.8 Å². The fourth-order valence-electron chi connectivity index (χ4n) is 1.78. The lowest BCUT2D eigenvalue weighted by atomic mass is 10.2. The molecule has 3 heteroatoms. The molecule has 2 aromatic carbocycles. The maximum atomic E-state index is 6.14. The number of rotatable bonds is 2. The highest BCUT2D eigenvalue weighted by Gasteiger charge is 2.02. The molecule has 0 saturated heterocycles. The maximum Gasteiger partial charge on any atom is 0.128 e. The smallest absolute Gasteiger partial charge is 0.128 e. The standard InChI is InChI=1S/C15H10ClNO/c16-14-8-9-17-15-7-6-12(10-13(14)15)18-11-4-2-1-3-5-11/h1-10H. The summed E-state index contributed by atoms with van der Waals surface area (Å²) in [4.78, 5) is 4.25. The fraction of sp³-hybridized carbons (Fsp3) is 0. The minimum atomic E-state index is 0.679. The number of halogens is 1. The maximum absolute atomic E-state index is 6.14. The van der Waals surface area contributed by atoms with Gasteiger partial charge in [-0.25, -0.2) is 0 Å². The number of fused-ring (bicyclic) bond motifs is 1. The van der Waals surface area contributed by atoms with Crippen molar-refractivity contribution in [2.75, 3.05) is 0 Å². The average Bonchev–Trinajstić information content (AvgIpc) is 2.41. The molecule has 0 spiro atoms.